The predicted octanol–water partition coefficient (Wildman–Crippen LogP) is 8.78. The fraction of sp³-hybridized carbons (Fsp3) is 0.560. The van der Waals surface area contributed by atoms with Gasteiger partial charge in [-0.25, -0.2) is 3.63 Å². The van der Waals surface area contributed by atoms with Crippen LogP contribution in [-0.4, -0.2) is 78.4 Å². The van der Waals surface area contributed by atoms with Crippen LogP contribution in [0.3, 0.4) is 0 Å². The molecule has 1 aliphatic rings. The lowest BCUT2D eigenvalue weighted by Crippen LogP contribution is -2.75. The van der Waals surface area contributed by atoms with Crippen molar-refractivity contribution in [3.63, 3.8) is 0 Å². The molecule has 0 bridgehead atoms. The number of hydrogen-bond donors (Lipinski definition) is 0. The van der Waals surface area contributed by atoms with Gasteiger partial charge in [-0.1, -0.05) is 42.5 Å². The first-order valence-corrected chi connectivity index (χ1v) is 16.3. The molecule has 0 saturated carbocycles. The van der Waals surface area contributed by atoms with E-state index in [1.165, 1.54) is 12.1 Å². The third-order valence-corrected chi connectivity index (χ3v) is 12.9. The van der Waals surface area contributed by atoms with E-state index in [2.05, 4.69) is 3.63 Å². The fourth-order valence-corrected chi connectivity index (χ4v) is 10.3. The zero-order chi connectivity index (χ0) is 37.2. The number of carbonyl (C=O) groups excluding carboxylic acids is 1. The maximum atomic E-state index is 14.7. The number of rotatable bonds is 13. The first kappa shape index (κ1) is 39.9. The highest BCUT2D eigenvalue weighted by atomic mass is 32.3. The second-order valence-electron chi connectivity index (χ2n) is 10.6. The Morgan fingerprint density at radius 1 is 0.625 bits per heavy atom. The van der Waals surface area contributed by atoms with E-state index in [1.54, 1.807) is 30.3 Å². The van der Waals surface area contributed by atoms with Crippen molar-refractivity contribution < 1.29 is 91.5 Å². The molecule has 1 fully saturated rings. The van der Waals surface area contributed by atoms with Gasteiger partial charge in [0.05, 0.1) is 5.75 Å². The summed E-state index contributed by atoms with van der Waals surface area (Å²) < 4.78 is 261. The summed E-state index contributed by atoms with van der Waals surface area (Å²) in [6, 6.07) is 10.8. The van der Waals surface area contributed by atoms with Gasteiger partial charge in [0.2, 0.25) is 0 Å². The van der Waals surface area contributed by atoms with Crippen LogP contribution in [0.15, 0.2) is 42.5 Å². The predicted molar refractivity (Wildman–Crippen MR) is 135 cm³/mol. The smallest absolute Gasteiger partial charge is 0.298 e. The molecule has 23 heteroatoms. The summed E-state index contributed by atoms with van der Waals surface area (Å²) in [6.45, 7) is 0. The molecule has 0 radical (unpaired) electrons. The molecule has 0 aromatic heterocycles. The lowest BCUT2D eigenvalue weighted by Gasteiger charge is -2.43. The first-order chi connectivity index (χ1) is 21.4. The molecule has 3 rings (SSSR count). The van der Waals surface area contributed by atoms with Gasteiger partial charge in [0.25, 0.3) is 0 Å². The summed E-state index contributed by atoms with van der Waals surface area (Å²) in [5.74, 6) is -55.7. The molecule has 2 aromatic carbocycles. The molecule has 0 aliphatic carbocycles. The van der Waals surface area contributed by atoms with Gasteiger partial charge in [-0.3, -0.25) is 4.79 Å². The highest BCUT2D eigenvalue weighted by Gasteiger charge is 2.96. The number of ketones is 1. The average Bonchev–Trinajstić information content (AvgIpc) is 3.38. The molecule has 0 amide bonds. The summed E-state index contributed by atoms with van der Waals surface area (Å²) in [5, 5.41) is -6.72. The van der Waals surface area contributed by atoms with Crippen LogP contribution in [0.25, 0.3) is 10.8 Å². The van der Waals surface area contributed by atoms with Crippen LogP contribution in [0.4, 0.5) is 74.6 Å². The van der Waals surface area contributed by atoms with E-state index < -0.39 is 96.9 Å². The maximum absolute atomic E-state index is 14.7. The van der Waals surface area contributed by atoms with Crippen molar-refractivity contribution in [2.45, 2.75) is 66.2 Å². The van der Waals surface area contributed by atoms with Gasteiger partial charge in [0.15, 0.2) is 0 Å². The van der Waals surface area contributed by atoms with E-state index in [9.17, 15) is 87.8 Å². The van der Waals surface area contributed by atoms with E-state index in [4.69, 9.17) is 0 Å². The minimum absolute atomic E-state index is 0.155. The van der Waals surface area contributed by atoms with Crippen LogP contribution >= 0.6 is 10.3 Å². The molecule has 2 aromatic rings. The molecule has 274 valence electrons. The third kappa shape index (κ3) is 5.97. The molecular weight excluding hydrogens is 751 g/mol. The zero-order valence-electron chi connectivity index (χ0n) is 23.2. The lowest BCUT2D eigenvalue weighted by atomic mass is 9.91. The lowest BCUT2D eigenvalue weighted by molar-refractivity contribution is -0.458. The second kappa shape index (κ2) is 12.0. The number of alkyl halides is 17. The zero-order valence-corrected chi connectivity index (χ0v) is 24.8. The SMILES string of the molecule is O=C(Cc1cccc2ccccc12)CS1(OS(=O)(=O)C(F)(F)C(F)(F)C(F)(F)C(F)(F)C(F)(F)C(F)(F)C(F)(F)C(F)(F)F)CCCC1. The Morgan fingerprint density at radius 3 is 1.56 bits per heavy atom. The van der Waals surface area contributed by atoms with Crippen LogP contribution in [-0.2, 0) is 25.0 Å². The molecule has 0 spiro atoms. The third-order valence-electron chi connectivity index (χ3n) is 7.22. The Labute approximate surface area is 260 Å². The first-order valence-electron chi connectivity index (χ1n) is 12.8. The van der Waals surface area contributed by atoms with E-state index in [1.807, 2.05) is 0 Å². The molecule has 1 saturated heterocycles. The summed E-state index contributed by atoms with van der Waals surface area (Å²) in [5.41, 5.74) is 0.279. The fourth-order valence-electron chi connectivity index (χ4n) is 4.61. The normalized spacial score (nSPS) is 18.3. The van der Waals surface area contributed by atoms with Gasteiger partial charge in [-0.05, 0) is 29.2 Å². The van der Waals surface area contributed by atoms with Crippen LogP contribution in [0.2, 0.25) is 0 Å². The quantitative estimate of drug-likeness (QED) is 0.191. The molecule has 1 aliphatic heterocycles. The van der Waals surface area contributed by atoms with Gasteiger partial charge < -0.3 is 0 Å². The van der Waals surface area contributed by atoms with Crippen molar-refractivity contribution in [1.29, 1.82) is 0 Å². The Hall–Kier alpha value is -2.56. The number of benzene rings is 2. The summed E-state index contributed by atoms with van der Waals surface area (Å²) in [6.07, 6.45) is -8.80. The van der Waals surface area contributed by atoms with Crippen molar-refractivity contribution >= 4 is 37.0 Å². The number of fused-ring (bicyclic) bond motifs is 1. The molecule has 0 N–H and O–H groups in total. The van der Waals surface area contributed by atoms with Gasteiger partial charge in [0, 0.05) is 17.9 Å². The number of carbonyl (C=O) groups is 1. The topological polar surface area (TPSA) is 60.4 Å². The average molecular weight is 771 g/mol. The van der Waals surface area contributed by atoms with E-state index in [0.717, 1.165) is 0 Å². The monoisotopic (exact) mass is 770 g/mol. The van der Waals surface area contributed by atoms with Crippen molar-refractivity contribution in [3.05, 3.63) is 48.0 Å². The molecule has 48 heavy (non-hydrogen) atoms. The summed E-state index contributed by atoms with van der Waals surface area (Å²) in [4.78, 5) is 12.9. The van der Waals surface area contributed by atoms with Crippen molar-refractivity contribution in [2.24, 2.45) is 0 Å². The van der Waals surface area contributed by atoms with Crippen molar-refractivity contribution in [2.75, 3.05) is 17.3 Å². The Kier molecular flexibility index (Phi) is 10.0. The van der Waals surface area contributed by atoms with Gasteiger partial charge >= 0.3 is 57.1 Å². The minimum atomic E-state index is -8.94. The molecule has 1 heterocycles. The Morgan fingerprint density at radius 2 is 1.06 bits per heavy atom. The van der Waals surface area contributed by atoms with Crippen LogP contribution in [0, 0.1) is 0 Å². The van der Waals surface area contributed by atoms with Gasteiger partial charge in [0.1, 0.15) is 5.78 Å². The Balaban J connectivity index is 1.98. The van der Waals surface area contributed by atoms with Gasteiger partial charge in [-0.15, -0.1) is 10.3 Å². The molecule has 4 nitrogen and oxygen atoms in total. The minimum Gasteiger partial charge on any atom is -0.298 e. The molecular formula is C25H19F17O4S2. The van der Waals surface area contributed by atoms with Gasteiger partial charge in [-0.2, -0.15) is 83.1 Å². The van der Waals surface area contributed by atoms with E-state index >= 15 is 0 Å². The highest BCUT2D eigenvalue weighted by molar-refractivity contribution is 8.33. The Bertz CT molecular complexity index is 1630. The standard InChI is InChI=1S/C25H19F17O4S2/c26-18(27,20(30,31)22(34,35)24(38,39)40)19(28,29)21(32,33)23(36,37)25(41,42)48(44,45)46-47(10-3-4-11-47)13-16(43)12-15-8-5-7-14-6-1-2-9-17(14)15/h1-2,5-9H,3-4,10-13H2. The van der Waals surface area contributed by atoms with Crippen LogP contribution in [0.5, 0.6) is 0 Å². The largest absolute Gasteiger partial charge is 0.460 e. The summed E-state index contributed by atoms with van der Waals surface area (Å²) in [7, 11) is -11.6. The molecule has 0 unspecified atom stereocenters. The number of Topliss-reactive ketones (excluding diaryl/α,β-unsaturated/α-hetero) is 1. The van der Waals surface area contributed by atoms with Crippen molar-refractivity contribution in [3.8, 4) is 0 Å². The maximum Gasteiger partial charge on any atom is 0.460 e. The van der Waals surface area contributed by atoms with Crippen LogP contribution in [0.1, 0.15) is 18.4 Å². The number of hydrogen-bond acceptors (Lipinski definition) is 4. The number of halogens is 17. The molecule has 0 atom stereocenters. The van der Waals surface area contributed by atoms with Crippen LogP contribution < -0.4 is 0 Å². The van der Waals surface area contributed by atoms with Crippen molar-refractivity contribution in [1.82, 2.24) is 0 Å². The highest BCUT2D eigenvalue weighted by Crippen LogP contribution is 2.66. The summed E-state index contributed by atoms with van der Waals surface area (Å²) >= 11 is 0. The second-order valence-corrected chi connectivity index (χ2v) is 15.6. The van der Waals surface area contributed by atoms with E-state index in [0.29, 0.717) is 10.8 Å². The van der Waals surface area contributed by atoms with E-state index in [-0.39, 0.29) is 18.4 Å².